The number of alkyl halides is 2. The highest BCUT2D eigenvalue weighted by Gasteiger charge is 2.35. The summed E-state index contributed by atoms with van der Waals surface area (Å²) in [5.41, 5.74) is 5.87. The van der Waals surface area contributed by atoms with Gasteiger partial charge in [0.15, 0.2) is 17.3 Å². The van der Waals surface area contributed by atoms with Gasteiger partial charge in [-0.05, 0) is 50.7 Å². The molecule has 2 fully saturated rings. The van der Waals surface area contributed by atoms with Gasteiger partial charge >= 0.3 is 0 Å². The van der Waals surface area contributed by atoms with Gasteiger partial charge in [-0.2, -0.15) is 4.98 Å². The maximum Gasteiger partial charge on any atom is 0.248 e. The number of carbonyl (C=O) groups excluding carboxylic acids is 1. The molecule has 0 spiro atoms. The van der Waals surface area contributed by atoms with Crippen LogP contribution >= 0.6 is 11.6 Å². The minimum Gasteiger partial charge on any atom is -0.369 e. The van der Waals surface area contributed by atoms with Crippen molar-refractivity contribution in [2.75, 3.05) is 10.6 Å². The van der Waals surface area contributed by atoms with Gasteiger partial charge < -0.3 is 16.4 Å². The Labute approximate surface area is 215 Å². The second kappa shape index (κ2) is 9.96. The molecule has 1 aromatic carbocycles. The zero-order chi connectivity index (χ0) is 26.3. The number of primary amides is 1. The quantitative estimate of drug-likeness (QED) is 0.346. The fourth-order valence-corrected chi connectivity index (χ4v) is 5.35. The Morgan fingerprint density at radius 3 is 2.32 bits per heavy atom. The molecule has 0 radical (unpaired) electrons. The van der Waals surface area contributed by atoms with Crippen molar-refractivity contribution in [2.24, 2.45) is 11.7 Å². The van der Waals surface area contributed by atoms with Crippen LogP contribution in [-0.2, 0) is 4.79 Å². The van der Waals surface area contributed by atoms with Crippen LogP contribution in [0.15, 0.2) is 18.3 Å². The number of anilines is 3. The summed E-state index contributed by atoms with van der Waals surface area (Å²) in [6.07, 6.45) is 3.88. The number of nitrogens with zero attached hydrogens (tertiary/aromatic N) is 4. The van der Waals surface area contributed by atoms with Crippen LogP contribution in [0.1, 0.15) is 57.4 Å². The Morgan fingerprint density at radius 2 is 1.70 bits per heavy atom. The molecule has 0 saturated heterocycles. The predicted molar refractivity (Wildman–Crippen MR) is 131 cm³/mol. The molecule has 2 aliphatic rings. The van der Waals surface area contributed by atoms with Gasteiger partial charge in [-0.3, -0.25) is 9.36 Å². The predicted octanol–water partition coefficient (Wildman–Crippen LogP) is 5.71. The van der Waals surface area contributed by atoms with Crippen molar-refractivity contribution in [2.45, 2.75) is 69.4 Å². The minimum atomic E-state index is -2.65. The molecule has 13 heteroatoms. The number of benzene rings is 1. The highest BCUT2D eigenvalue weighted by atomic mass is 35.5. The Hall–Kier alpha value is -3.15. The van der Waals surface area contributed by atoms with Gasteiger partial charge in [0.25, 0.3) is 0 Å². The molecule has 8 nitrogen and oxygen atoms in total. The lowest BCUT2D eigenvalue weighted by Gasteiger charge is -2.29. The molecule has 2 aromatic heterocycles. The van der Waals surface area contributed by atoms with E-state index >= 15 is 0 Å². The second-order valence-corrected chi connectivity index (χ2v) is 10.2. The number of hydrogen-bond donors (Lipinski definition) is 3. The third-order valence-corrected chi connectivity index (χ3v) is 7.41. The molecule has 0 atom stereocenters. The van der Waals surface area contributed by atoms with E-state index in [1.54, 1.807) is 4.57 Å². The van der Waals surface area contributed by atoms with E-state index in [0.717, 1.165) is 12.1 Å². The van der Waals surface area contributed by atoms with Crippen molar-refractivity contribution in [3.63, 3.8) is 0 Å². The van der Waals surface area contributed by atoms with Crippen LogP contribution < -0.4 is 16.4 Å². The van der Waals surface area contributed by atoms with Gasteiger partial charge in [0.05, 0.1) is 6.20 Å². The van der Waals surface area contributed by atoms with E-state index in [-0.39, 0.29) is 66.5 Å². The van der Waals surface area contributed by atoms with Crippen molar-refractivity contribution in [3.8, 4) is 0 Å². The maximum atomic E-state index is 14.6. The Bertz CT molecular complexity index is 1290. The summed E-state index contributed by atoms with van der Waals surface area (Å²) >= 11 is 5.76. The molecule has 2 aliphatic carbocycles. The molecule has 0 unspecified atom stereocenters. The SMILES string of the molecule is NC(=O)C1CCC(n2c(Nc3c(F)cc(Cl)cc3F)nc3cnc(NC4CCC(F)(F)CC4)nc32)CC1. The minimum absolute atomic E-state index is 0.0825. The average Bonchev–Trinajstić information content (AvgIpc) is 3.20. The number of halogens is 5. The number of nitrogens with two attached hydrogens (primary N) is 1. The molecule has 2 heterocycles. The van der Waals surface area contributed by atoms with E-state index in [2.05, 4.69) is 25.6 Å². The van der Waals surface area contributed by atoms with Gasteiger partial charge in [-0.25, -0.2) is 27.5 Å². The summed E-state index contributed by atoms with van der Waals surface area (Å²) in [6, 6.07) is 1.60. The molecule has 198 valence electrons. The molecule has 3 aromatic rings. The van der Waals surface area contributed by atoms with Crippen molar-refractivity contribution in [3.05, 3.63) is 35.0 Å². The zero-order valence-corrected chi connectivity index (χ0v) is 20.5. The Balaban J connectivity index is 1.49. The fraction of sp³-hybridized carbons (Fsp3) is 0.500. The van der Waals surface area contributed by atoms with Crippen molar-refractivity contribution >= 4 is 46.3 Å². The van der Waals surface area contributed by atoms with E-state index in [4.69, 9.17) is 17.3 Å². The molecule has 1 amide bonds. The van der Waals surface area contributed by atoms with Crippen LogP contribution in [0.2, 0.25) is 5.02 Å². The number of hydrogen-bond acceptors (Lipinski definition) is 6. The van der Waals surface area contributed by atoms with Crippen LogP contribution in [0.25, 0.3) is 11.2 Å². The molecule has 2 saturated carbocycles. The van der Waals surface area contributed by atoms with Crippen LogP contribution in [-0.4, -0.2) is 37.4 Å². The number of carbonyl (C=O) groups is 1. The summed E-state index contributed by atoms with van der Waals surface area (Å²) in [6.45, 7) is 0. The number of rotatable bonds is 6. The summed E-state index contributed by atoms with van der Waals surface area (Å²) in [5.74, 6) is -4.62. The topological polar surface area (TPSA) is 111 Å². The second-order valence-electron chi connectivity index (χ2n) is 9.76. The smallest absolute Gasteiger partial charge is 0.248 e. The zero-order valence-electron chi connectivity index (χ0n) is 19.8. The fourth-order valence-electron chi connectivity index (χ4n) is 5.15. The van der Waals surface area contributed by atoms with Crippen LogP contribution in [0.3, 0.4) is 0 Å². The van der Waals surface area contributed by atoms with E-state index < -0.39 is 23.2 Å². The molecule has 0 aliphatic heterocycles. The number of imidazole rings is 1. The summed E-state index contributed by atoms with van der Waals surface area (Å²) in [4.78, 5) is 25.0. The average molecular weight is 540 g/mol. The lowest BCUT2D eigenvalue weighted by atomic mass is 9.85. The van der Waals surface area contributed by atoms with E-state index in [1.807, 2.05) is 0 Å². The molecular weight excluding hydrogens is 514 g/mol. The van der Waals surface area contributed by atoms with Gasteiger partial charge in [0, 0.05) is 35.9 Å². The summed E-state index contributed by atoms with van der Waals surface area (Å²) in [7, 11) is 0. The van der Waals surface area contributed by atoms with Crippen LogP contribution in [0.4, 0.5) is 35.1 Å². The first-order valence-electron chi connectivity index (χ1n) is 12.2. The molecular formula is C24H26ClF4N7O. The van der Waals surface area contributed by atoms with Crippen molar-refractivity contribution < 1.29 is 22.4 Å². The van der Waals surface area contributed by atoms with Gasteiger partial charge in [-0.1, -0.05) is 11.6 Å². The Morgan fingerprint density at radius 1 is 1.05 bits per heavy atom. The molecule has 37 heavy (non-hydrogen) atoms. The summed E-state index contributed by atoms with van der Waals surface area (Å²) in [5, 5.41) is 5.80. The molecule has 5 rings (SSSR count). The number of nitrogens with one attached hydrogen (secondary N) is 2. The standard InChI is InChI=1S/C24H26ClF4N7O/c25-13-9-16(26)19(17(27)10-13)34-23-33-18-11-31-22(32-14-5-7-24(28,29)8-6-14)35-21(18)36(23)15-3-1-12(2-4-15)20(30)37/h9-12,14-15H,1-8H2,(H2,30,37)(H,33,34)(H,31,32,35). The van der Waals surface area contributed by atoms with E-state index in [1.165, 1.54) is 6.20 Å². The van der Waals surface area contributed by atoms with Crippen molar-refractivity contribution in [1.82, 2.24) is 19.5 Å². The number of aromatic nitrogens is 4. The molecule has 0 bridgehead atoms. The van der Waals surface area contributed by atoms with Crippen LogP contribution in [0, 0.1) is 17.6 Å². The van der Waals surface area contributed by atoms with Gasteiger partial charge in [-0.15, -0.1) is 0 Å². The monoisotopic (exact) mass is 539 g/mol. The normalized spacial score (nSPS) is 22.2. The lowest BCUT2D eigenvalue weighted by molar-refractivity contribution is -0.122. The highest BCUT2D eigenvalue weighted by molar-refractivity contribution is 6.30. The highest BCUT2D eigenvalue weighted by Crippen LogP contribution is 2.38. The third-order valence-electron chi connectivity index (χ3n) is 7.19. The van der Waals surface area contributed by atoms with Crippen molar-refractivity contribution in [1.29, 1.82) is 0 Å². The largest absolute Gasteiger partial charge is 0.369 e. The first-order chi connectivity index (χ1) is 17.6. The van der Waals surface area contributed by atoms with Gasteiger partial charge in [0.1, 0.15) is 11.2 Å². The Kier molecular flexibility index (Phi) is 6.86. The van der Waals surface area contributed by atoms with E-state index in [0.29, 0.717) is 36.8 Å². The third kappa shape index (κ3) is 5.43. The van der Waals surface area contributed by atoms with E-state index in [9.17, 15) is 22.4 Å². The van der Waals surface area contributed by atoms with Crippen LogP contribution in [0.5, 0.6) is 0 Å². The summed E-state index contributed by atoms with van der Waals surface area (Å²) < 4.78 is 58.0. The lowest BCUT2D eigenvalue weighted by Crippen LogP contribution is -2.32. The maximum absolute atomic E-state index is 14.6. The van der Waals surface area contributed by atoms with Gasteiger partial charge in [0.2, 0.25) is 23.7 Å². The first-order valence-corrected chi connectivity index (χ1v) is 12.6. The number of amides is 1. The molecule has 4 N–H and O–H groups in total. The number of fused-ring (bicyclic) bond motifs is 1. The first kappa shape index (κ1) is 25.5.